The Bertz CT molecular complexity index is 4170. The largest absolute Gasteiger partial charge is 0.488 e. The van der Waals surface area contributed by atoms with Gasteiger partial charge < -0.3 is 32.6 Å². The summed E-state index contributed by atoms with van der Waals surface area (Å²) in [5.74, 6) is 7.18. The molecule has 0 N–H and O–H groups in total. The van der Waals surface area contributed by atoms with Crippen LogP contribution in [0.5, 0.6) is 5.75 Å². The molecule has 3 aliphatic rings. The smallest absolute Gasteiger partial charge is 0.326 e. The maximum absolute atomic E-state index is 13.2. The van der Waals surface area contributed by atoms with Crippen molar-refractivity contribution in [1.29, 1.82) is 0 Å². The molecule has 3 aliphatic carbocycles. The second-order valence-electron chi connectivity index (χ2n) is 31.6. The molecule has 0 spiro atoms. The normalized spacial score (nSPS) is 21.4. The Morgan fingerprint density at radius 2 is 0.786 bits per heavy atom. The van der Waals surface area contributed by atoms with E-state index in [2.05, 4.69) is 107 Å². The van der Waals surface area contributed by atoms with Crippen LogP contribution >= 0.6 is 11.6 Å². The molecule has 0 amide bonds. The molecule has 0 bridgehead atoms. The molecule has 0 aliphatic heterocycles. The second kappa shape index (κ2) is 31.6. The zero-order valence-electron chi connectivity index (χ0n) is 61.1. The van der Waals surface area contributed by atoms with Crippen LogP contribution in [0.2, 0.25) is 5.02 Å². The topological polar surface area (TPSA) is 142 Å². The minimum Gasteiger partial charge on any atom is -0.488 e. The maximum Gasteiger partial charge on any atom is 0.326 e. The number of esters is 3. The van der Waals surface area contributed by atoms with Crippen molar-refractivity contribution < 1.29 is 33.3 Å². The van der Waals surface area contributed by atoms with Gasteiger partial charge in [0.25, 0.3) is 0 Å². The molecule has 3 heterocycles. The lowest BCUT2D eigenvalue weighted by Crippen LogP contribution is -2.36. The van der Waals surface area contributed by atoms with Gasteiger partial charge in [-0.05, 0) is 215 Å². The summed E-state index contributed by atoms with van der Waals surface area (Å²) in [5.41, 5.74) is 10.4. The van der Waals surface area contributed by atoms with Gasteiger partial charge in [0.2, 0.25) is 0 Å². The zero-order valence-corrected chi connectivity index (χ0v) is 61.9. The average molecular weight is 1350 g/mol. The van der Waals surface area contributed by atoms with Crippen LogP contribution in [0.4, 0.5) is 0 Å². The van der Waals surface area contributed by atoms with Crippen LogP contribution in [-0.2, 0) is 53.6 Å². The molecule has 3 fully saturated rings. The first-order valence-corrected chi connectivity index (χ1v) is 36.6. The Morgan fingerprint density at radius 1 is 0.459 bits per heavy atom. The number of halogens is 1. The number of carbonyl (C=O) groups excluding carboxylic acids is 3. The van der Waals surface area contributed by atoms with E-state index in [1.165, 1.54) is 24.8 Å². The number of aromatic nitrogens is 6. The van der Waals surface area contributed by atoms with Gasteiger partial charge in [0, 0.05) is 21.7 Å². The lowest BCUT2D eigenvalue weighted by Gasteiger charge is -2.36. The molecule has 3 saturated carbocycles. The van der Waals surface area contributed by atoms with Crippen molar-refractivity contribution in [3.63, 3.8) is 0 Å². The summed E-state index contributed by atoms with van der Waals surface area (Å²) >= 11 is 6.23. The number of imidazole rings is 3. The molecule has 98 heavy (non-hydrogen) atoms. The van der Waals surface area contributed by atoms with Crippen LogP contribution in [0, 0.1) is 60.2 Å². The minimum absolute atomic E-state index is 0.00514. The third-order valence-electron chi connectivity index (χ3n) is 20.5. The lowest BCUT2D eigenvalue weighted by atomic mass is 9.75. The number of carbonyl (C=O) groups is 3. The zero-order chi connectivity index (χ0) is 70.3. The number of rotatable bonds is 16. The fraction of sp³-hybridized carbons (Fsp3) is 0.500. The Hall–Kier alpha value is -7.77. The molecule has 9 aromatic rings. The Balaban J connectivity index is 0.000000159. The van der Waals surface area contributed by atoms with Crippen LogP contribution in [0.1, 0.15) is 173 Å². The highest BCUT2D eigenvalue weighted by Crippen LogP contribution is 2.40. The van der Waals surface area contributed by atoms with Gasteiger partial charge in [0.15, 0.2) is 0 Å². The predicted octanol–water partition coefficient (Wildman–Crippen LogP) is 20.6. The van der Waals surface area contributed by atoms with Gasteiger partial charge in [-0.15, -0.1) is 0 Å². The number of hydrogen-bond donors (Lipinski definition) is 0. The molecule has 13 nitrogen and oxygen atoms in total. The van der Waals surface area contributed by atoms with E-state index in [4.69, 9.17) is 45.5 Å². The van der Waals surface area contributed by atoms with Crippen LogP contribution in [0.3, 0.4) is 0 Å². The highest BCUT2D eigenvalue weighted by molar-refractivity contribution is 6.31. The van der Waals surface area contributed by atoms with E-state index in [0.29, 0.717) is 53.3 Å². The Labute approximate surface area is 587 Å². The van der Waals surface area contributed by atoms with E-state index in [1.54, 1.807) is 0 Å². The quantitative estimate of drug-likeness (QED) is 0.0678. The van der Waals surface area contributed by atoms with Crippen LogP contribution in [0.25, 0.3) is 67.3 Å². The highest BCUT2D eigenvalue weighted by Gasteiger charge is 2.37. The van der Waals surface area contributed by atoms with E-state index in [1.807, 2.05) is 157 Å². The van der Waals surface area contributed by atoms with Crippen molar-refractivity contribution in [3.05, 3.63) is 156 Å². The third-order valence-corrected chi connectivity index (χ3v) is 20.9. The average Bonchev–Trinajstić information content (AvgIpc) is 1.64. The molecule has 3 unspecified atom stereocenters. The molecule has 6 aromatic carbocycles. The third kappa shape index (κ3) is 18.2. The van der Waals surface area contributed by atoms with E-state index in [9.17, 15) is 14.4 Å². The first-order valence-electron chi connectivity index (χ1n) is 36.2. The molecule has 0 saturated heterocycles. The molecular weight excluding hydrogens is 1240 g/mol. The number of hydrogen-bond acceptors (Lipinski definition) is 10. The van der Waals surface area contributed by atoms with Crippen molar-refractivity contribution in [1.82, 2.24) is 28.7 Å². The van der Waals surface area contributed by atoms with Gasteiger partial charge in [0.05, 0.1) is 33.1 Å². The number of benzene rings is 6. The van der Waals surface area contributed by atoms with E-state index in [0.717, 1.165) is 122 Å². The first-order chi connectivity index (χ1) is 46.6. The summed E-state index contributed by atoms with van der Waals surface area (Å²) in [7, 11) is 0. The monoisotopic (exact) mass is 1350 g/mol. The van der Waals surface area contributed by atoms with Gasteiger partial charge in [-0.1, -0.05) is 175 Å². The summed E-state index contributed by atoms with van der Waals surface area (Å²) in [4.78, 5) is 54.1. The number of fused-ring (bicyclic) bond motifs is 3. The molecule has 522 valence electrons. The predicted molar refractivity (Wildman–Crippen MR) is 398 cm³/mol. The van der Waals surface area contributed by atoms with Crippen molar-refractivity contribution in [2.24, 2.45) is 53.3 Å². The summed E-state index contributed by atoms with van der Waals surface area (Å²) in [6.07, 6.45) is 9.86. The number of aryl methyl sites for hydroxylation is 1. The van der Waals surface area contributed by atoms with Crippen molar-refractivity contribution >= 4 is 62.6 Å². The molecule has 14 heteroatoms. The van der Waals surface area contributed by atoms with E-state index < -0.39 is 0 Å². The van der Waals surface area contributed by atoms with E-state index in [-0.39, 0.29) is 66.9 Å². The number of nitrogens with zero attached hydrogens (tertiary/aromatic N) is 6. The van der Waals surface area contributed by atoms with Gasteiger partial charge in [0.1, 0.15) is 66.8 Å². The Kier molecular flexibility index (Phi) is 23.5. The Morgan fingerprint density at radius 3 is 1.11 bits per heavy atom. The summed E-state index contributed by atoms with van der Waals surface area (Å²) in [6.45, 7) is 35.3. The minimum atomic E-state index is -0.261. The maximum atomic E-state index is 13.2. The first kappa shape index (κ1) is 73.0. The molecule has 3 aromatic heterocycles. The van der Waals surface area contributed by atoms with Gasteiger partial charge >= 0.3 is 17.9 Å². The van der Waals surface area contributed by atoms with E-state index >= 15 is 0 Å². The fourth-order valence-electron chi connectivity index (χ4n) is 15.1. The second-order valence-corrected chi connectivity index (χ2v) is 32.0. The van der Waals surface area contributed by atoms with Crippen molar-refractivity contribution in [2.75, 3.05) is 0 Å². The van der Waals surface area contributed by atoms with Crippen molar-refractivity contribution in [3.8, 4) is 39.9 Å². The summed E-state index contributed by atoms with van der Waals surface area (Å²) in [5, 5.41) is 0.719. The lowest BCUT2D eigenvalue weighted by molar-refractivity contribution is -0.157. The molecule has 12 rings (SSSR count). The van der Waals surface area contributed by atoms with Gasteiger partial charge in [-0.2, -0.15) is 0 Å². The SMILES string of the molecule is CC(C)[C@@H]1CC[C@@H](C)CC1OC(=O)Cn1c(-c2ccc(C(C)(C)C)cc2)nc2ccccc21.CC(C)[C@@H]1CC[C@@H](C)CC1OC(=O)Cn1c(-c2ccc(OC(C)(C)C)cc2)nc2ccccc21.Cc1cc(-c2nc3ccccc3n2CC(=O)OC2C[C@H](C)CC[C@H]2C(C)C)ccc1Cl. The fourth-order valence-corrected chi connectivity index (χ4v) is 15.2. The van der Waals surface area contributed by atoms with Crippen LogP contribution < -0.4 is 4.74 Å². The van der Waals surface area contributed by atoms with Crippen LogP contribution in [-0.4, -0.2) is 70.5 Å². The standard InChI is InChI=1S/C29H38N2O3.C29H38N2O2.C26H31ClN2O2/c1-19(2)23-16-11-20(3)17-26(23)33-27(32)18-31-25-10-8-7-9-24(25)30-28(31)21-12-14-22(15-13-21)34-29(4,5)6;1-19(2)23-16-11-20(3)17-26(23)33-27(32)18-31-25-10-8-7-9-24(25)30-28(31)21-12-14-22(15-13-21)29(4,5)6;1-16(2)20-11-9-17(3)13-24(20)31-25(30)15-29-23-8-6-5-7-22(23)28-26(29)19-10-12-21(27)18(4)14-19/h7-10,12-15,19-20,23,26H,11,16-18H2,1-6H3;7-10,12-15,19-20,23,26H,11,16-18H2,1-6H3;5-8,10,12,14,16-17,20,24H,9,11,13,15H2,1-4H3/t2*20-,23+,26?;17-,20+,24?/m111/s1. The van der Waals surface area contributed by atoms with Crippen LogP contribution in [0.15, 0.2) is 140 Å². The van der Waals surface area contributed by atoms with Gasteiger partial charge in [-0.25, -0.2) is 15.0 Å². The number of ether oxygens (including phenoxy) is 4. The van der Waals surface area contributed by atoms with Crippen molar-refractivity contribution in [2.45, 2.75) is 218 Å². The highest BCUT2D eigenvalue weighted by atomic mass is 35.5. The molecular formula is C84H107ClN6O7. The van der Waals surface area contributed by atoms with Gasteiger partial charge in [-0.3, -0.25) is 14.4 Å². The number of para-hydroxylation sites is 6. The summed E-state index contributed by atoms with van der Waals surface area (Å²) < 4.78 is 30.3. The molecule has 0 radical (unpaired) electrons. The molecule has 9 atom stereocenters. The summed E-state index contributed by atoms with van der Waals surface area (Å²) in [6, 6.07) is 46.2.